The Morgan fingerprint density at radius 3 is 2.50 bits per heavy atom. The number of nitrogens with one attached hydrogen (secondary N) is 1. The molecule has 0 atom stereocenters. The van der Waals surface area contributed by atoms with Crippen molar-refractivity contribution in [3.05, 3.63) is 58.7 Å². The van der Waals surface area contributed by atoms with E-state index in [2.05, 4.69) is 55.6 Å². The summed E-state index contributed by atoms with van der Waals surface area (Å²) in [5.41, 5.74) is 7.04. The second-order valence-electron chi connectivity index (χ2n) is 6.41. The van der Waals surface area contributed by atoms with Gasteiger partial charge in [-0.05, 0) is 73.9 Å². The number of nitrogens with zero attached hydrogens (tertiary/aromatic N) is 2. The smallest absolute Gasteiger partial charge is 0.234 e. The van der Waals surface area contributed by atoms with Crippen molar-refractivity contribution in [3.8, 4) is 0 Å². The van der Waals surface area contributed by atoms with Gasteiger partial charge in [0.05, 0.1) is 19.9 Å². The van der Waals surface area contributed by atoms with Crippen LogP contribution in [0.4, 0.5) is 11.4 Å². The lowest BCUT2D eigenvalue weighted by Crippen LogP contribution is -2.39. The Labute approximate surface area is 160 Å². The average Bonchev–Trinajstić information content (AvgIpc) is 2.64. The van der Waals surface area contributed by atoms with Crippen molar-refractivity contribution in [2.45, 2.75) is 26.8 Å². The van der Waals surface area contributed by atoms with Gasteiger partial charge in [0.15, 0.2) is 0 Å². The first-order valence-corrected chi connectivity index (χ1v) is 9.08. The molecule has 0 aromatic heterocycles. The maximum atomic E-state index is 5.70. The van der Waals surface area contributed by atoms with Crippen molar-refractivity contribution in [2.24, 2.45) is 0 Å². The van der Waals surface area contributed by atoms with Gasteiger partial charge in [-0.25, -0.2) is 9.68 Å². The summed E-state index contributed by atoms with van der Waals surface area (Å²) < 4.78 is 0. The Morgan fingerprint density at radius 2 is 1.81 bits per heavy atom. The molecule has 0 fully saturated rings. The maximum absolute atomic E-state index is 5.70. The highest BCUT2D eigenvalue weighted by Crippen LogP contribution is 2.32. The Morgan fingerprint density at radius 1 is 1.04 bits per heavy atom. The lowest BCUT2D eigenvalue weighted by Gasteiger charge is -2.32. The summed E-state index contributed by atoms with van der Waals surface area (Å²) in [6.07, 6.45) is 1.01. The number of anilines is 2. The molecule has 2 aromatic carbocycles. The van der Waals surface area contributed by atoms with Gasteiger partial charge in [-0.15, -0.1) is 0 Å². The fraction of sp³-hybridized carbons (Fsp3) is 0.350. The van der Waals surface area contributed by atoms with Crippen LogP contribution in [0.15, 0.2) is 36.4 Å². The van der Waals surface area contributed by atoms with Crippen molar-refractivity contribution >= 4 is 28.7 Å². The van der Waals surface area contributed by atoms with Gasteiger partial charge in [-0.1, -0.05) is 29.0 Å². The number of hydroxylamine groups is 2. The van der Waals surface area contributed by atoms with Crippen LogP contribution in [-0.4, -0.2) is 31.1 Å². The highest BCUT2D eigenvalue weighted by Gasteiger charge is 2.23. The topological polar surface area (TPSA) is 37.0 Å². The highest BCUT2D eigenvalue weighted by atomic mass is 32.1. The van der Waals surface area contributed by atoms with Crippen LogP contribution in [0.2, 0.25) is 0 Å². The monoisotopic (exact) mass is 371 g/mol. The van der Waals surface area contributed by atoms with Crippen LogP contribution in [0.3, 0.4) is 0 Å². The molecule has 1 heterocycles. The zero-order valence-corrected chi connectivity index (χ0v) is 16.5. The van der Waals surface area contributed by atoms with Crippen molar-refractivity contribution in [2.75, 3.05) is 25.7 Å². The molecule has 2 aromatic rings. The summed E-state index contributed by atoms with van der Waals surface area (Å²) in [5, 5.41) is 5.08. The van der Waals surface area contributed by atoms with Crippen molar-refractivity contribution in [1.29, 1.82) is 0 Å². The van der Waals surface area contributed by atoms with Gasteiger partial charge >= 0.3 is 0 Å². The molecule has 0 aliphatic carbocycles. The number of aryl methyl sites for hydroxylation is 2. The molecular weight excluding hydrogens is 346 g/mol. The third-order valence-corrected chi connectivity index (χ3v) is 4.94. The van der Waals surface area contributed by atoms with Crippen molar-refractivity contribution in [1.82, 2.24) is 10.5 Å². The molecule has 6 heteroatoms. The zero-order chi connectivity index (χ0) is 18.7. The highest BCUT2D eigenvalue weighted by molar-refractivity contribution is 7.80. The molecule has 0 saturated heterocycles. The molecule has 138 valence electrons. The Kier molecular flexibility index (Phi) is 5.88. The molecule has 0 bridgehead atoms. The molecule has 0 saturated carbocycles. The fourth-order valence-corrected chi connectivity index (χ4v) is 3.68. The minimum atomic E-state index is 0.427. The Balaban J connectivity index is 2.09. The second kappa shape index (κ2) is 8.14. The van der Waals surface area contributed by atoms with E-state index >= 15 is 0 Å². The zero-order valence-electron chi connectivity index (χ0n) is 15.7. The van der Waals surface area contributed by atoms with Gasteiger partial charge < -0.3 is 5.32 Å². The minimum absolute atomic E-state index is 0.427. The number of fused-ring (bicyclic) bond motifs is 1. The maximum Gasteiger partial charge on any atom is 0.234 e. The normalized spacial score (nSPS) is 13.2. The predicted octanol–water partition coefficient (Wildman–Crippen LogP) is 3.80. The number of hydrogen-bond donors (Lipinski definition) is 1. The van der Waals surface area contributed by atoms with Crippen molar-refractivity contribution in [3.63, 3.8) is 0 Å². The number of thiocarbonyl (C=S) groups is 1. The molecule has 1 aliphatic rings. The predicted molar refractivity (Wildman–Crippen MR) is 108 cm³/mol. The first-order chi connectivity index (χ1) is 12.5. The molecule has 0 radical (unpaired) electrons. The van der Waals surface area contributed by atoms with Gasteiger partial charge in [0.25, 0.3) is 0 Å². The van der Waals surface area contributed by atoms with E-state index in [0.29, 0.717) is 5.11 Å². The van der Waals surface area contributed by atoms with Crippen LogP contribution in [0, 0.1) is 13.8 Å². The van der Waals surface area contributed by atoms with Crippen LogP contribution in [0.5, 0.6) is 0 Å². The van der Waals surface area contributed by atoms with E-state index in [-0.39, 0.29) is 0 Å². The van der Waals surface area contributed by atoms with Crippen molar-refractivity contribution < 1.29 is 9.68 Å². The second-order valence-corrected chi connectivity index (χ2v) is 6.78. The van der Waals surface area contributed by atoms with E-state index in [1.165, 1.54) is 36.1 Å². The van der Waals surface area contributed by atoms with Gasteiger partial charge in [-0.2, -0.15) is 0 Å². The number of benzene rings is 2. The third-order valence-electron chi connectivity index (χ3n) is 4.61. The molecule has 1 aliphatic heterocycles. The van der Waals surface area contributed by atoms with Crippen LogP contribution >= 0.6 is 12.2 Å². The van der Waals surface area contributed by atoms with E-state index in [0.717, 1.165) is 36.4 Å². The summed E-state index contributed by atoms with van der Waals surface area (Å²) in [4.78, 5) is 12.6. The summed E-state index contributed by atoms with van der Waals surface area (Å²) in [7, 11) is 3.07. The largest absolute Gasteiger partial charge is 0.312 e. The Bertz CT molecular complexity index is 806. The number of rotatable bonds is 4. The summed E-state index contributed by atoms with van der Waals surface area (Å²) in [6, 6.07) is 12.8. The lowest BCUT2D eigenvalue weighted by atomic mass is 9.99. The molecule has 26 heavy (non-hydrogen) atoms. The van der Waals surface area contributed by atoms with Crippen LogP contribution in [0.1, 0.15) is 22.3 Å². The fourth-order valence-electron chi connectivity index (χ4n) is 3.32. The van der Waals surface area contributed by atoms with Crippen LogP contribution < -0.4 is 10.2 Å². The van der Waals surface area contributed by atoms with Crippen LogP contribution in [0.25, 0.3) is 0 Å². The first-order valence-electron chi connectivity index (χ1n) is 8.67. The van der Waals surface area contributed by atoms with Gasteiger partial charge in [0.2, 0.25) is 5.11 Å². The molecule has 5 nitrogen and oxygen atoms in total. The standard InChI is InChI=1S/C20H25N3O2S/c1-14-5-8-19(15(2)11-14)22(20(26)23(24-3)25-4)18-7-6-17-13-21-10-9-16(17)12-18/h5-8,11-12,21H,9-10,13H2,1-4H3. The molecule has 0 spiro atoms. The van der Waals surface area contributed by atoms with E-state index in [1.54, 1.807) is 0 Å². The summed E-state index contributed by atoms with van der Waals surface area (Å²) >= 11 is 5.70. The van der Waals surface area contributed by atoms with E-state index in [1.807, 2.05) is 4.90 Å². The van der Waals surface area contributed by atoms with Crippen LogP contribution in [-0.2, 0) is 22.6 Å². The number of hydrogen-bond acceptors (Lipinski definition) is 4. The SMILES string of the molecule is CON(OC)C(=S)N(c1ccc2c(c1)CCNC2)c1ccc(C)cc1C. The summed E-state index contributed by atoms with van der Waals surface area (Å²) in [6.45, 7) is 6.07. The quantitative estimate of drug-likeness (QED) is 0.651. The lowest BCUT2D eigenvalue weighted by molar-refractivity contribution is -0.285. The third kappa shape index (κ3) is 3.73. The molecular formula is C20H25N3O2S. The molecule has 1 N–H and O–H groups in total. The molecule has 0 unspecified atom stereocenters. The van der Waals surface area contributed by atoms with Gasteiger partial charge in [0, 0.05) is 12.2 Å². The Hall–Kier alpha value is -1.99. The van der Waals surface area contributed by atoms with Gasteiger partial charge in [-0.3, -0.25) is 4.90 Å². The average molecular weight is 372 g/mol. The van der Waals surface area contributed by atoms with E-state index < -0.39 is 0 Å². The van der Waals surface area contributed by atoms with E-state index in [9.17, 15) is 0 Å². The minimum Gasteiger partial charge on any atom is -0.312 e. The first kappa shape index (κ1) is 18.8. The molecule has 3 rings (SSSR count). The molecule has 0 amide bonds. The van der Waals surface area contributed by atoms with E-state index in [4.69, 9.17) is 21.9 Å². The summed E-state index contributed by atoms with van der Waals surface area (Å²) in [5.74, 6) is 0. The van der Waals surface area contributed by atoms with Gasteiger partial charge in [0.1, 0.15) is 0 Å².